The molecule has 0 aliphatic heterocycles. The van der Waals surface area contributed by atoms with Gasteiger partial charge >= 0.3 is 0 Å². The average Bonchev–Trinajstić information content (AvgIpc) is 2.14. The Morgan fingerprint density at radius 1 is 1.14 bits per heavy atom. The molecule has 0 spiro atoms. The van der Waals surface area contributed by atoms with Gasteiger partial charge in [0.25, 0.3) is 0 Å². The molecule has 0 atom stereocenters. The van der Waals surface area contributed by atoms with Crippen molar-refractivity contribution >= 4 is 0 Å². The summed E-state index contributed by atoms with van der Waals surface area (Å²) in [6.45, 7) is 3.87. The number of aryl methyl sites for hydroxylation is 1. The van der Waals surface area contributed by atoms with Crippen molar-refractivity contribution < 1.29 is 15.3 Å². The maximum absolute atomic E-state index is 9.58. The Kier molecular flexibility index (Phi) is 3.23. The summed E-state index contributed by atoms with van der Waals surface area (Å²) in [5.74, 6) is -0.863. The molecule has 14 heavy (non-hydrogen) atoms. The Labute approximate surface area is 83.6 Å². The lowest BCUT2D eigenvalue weighted by Gasteiger charge is -2.10. The van der Waals surface area contributed by atoms with Crippen LogP contribution < -0.4 is 0 Å². The van der Waals surface area contributed by atoms with Crippen molar-refractivity contribution in [2.45, 2.75) is 33.1 Å². The van der Waals surface area contributed by atoms with Gasteiger partial charge in [0, 0.05) is 5.56 Å². The maximum atomic E-state index is 9.58. The van der Waals surface area contributed by atoms with Crippen LogP contribution in [0.15, 0.2) is 6.07 Å². The highest BCUT2D eigenvalue weighted by molar-refractivity contribution is 5.56. The molecule has 1 aromatic carbocycles. The fraction of sp³-hybridized carbons (Fsp3) is 0.455. The topological polar surface area (TPSA) is 60.7 Å². The van der Waals surface area contributed by atoms with Crippen LogP contribution in [0.25, 0.3) is 0 Å². The molecule has 0 fully saturated rings. The van der Waals surface area contributed by atoms with Crippen molar-refractivity contribution in [3.8, 4) is 17.2 Å². The van der Waals surface area contributed by atoms with Crippen LogP contribution in [0.1, 0.15) is 30.9 Å². The van der Waals surface area contributed by atoms with E-state index in [9.17, 15) is 15.3 Å². The molecule has 0 bridgehead atoms. The van der Waals surface area contributed by atoms with Gasteiger partial charge in [-0.15, -0.1) is 0 Å². The van der Waals surface area contributed by atoms with Gasteiger partial charge in [0.15, 0.2) is 11.5 Å². The van der Waals surface area contributed by atoms with Gasteiger partial charge in [0.05, 0.1) is 0 Å². The normalized spacial score (nSPS) is 10.4. The fourth-order valence-corrected chi connectivity index (χ4v) is 1.48. The van der Waals surface area contributed by atoms with E-state index in [0.717, 1.165) is 30.4 Å². The number of hydrogen-bond donors (Lipinski definition) is 3. The highest BCUT2D eigenvalue weighted by atomic mass is 16.3. The van der Waals surface area contributed by atoms with Crippen LogP contribution in [0, 0.1) is 6.92 Å². The third-order valence-corrected chi connectivity index (χ3v) is 2.36. The van der Waals surface area contributed by atoms with Crippen molar-refractivity contribution in [2.75, 3.05) is 0 Å². The molecule has 0 radical (unpaired) electrons. The molecule has 0 aromatic heterocycles. The van der Waals surface area contributed by atoms with Gasteiger partial charge in [-0.1, -0.05) is 13.3 Å². The Morgan fingerprint density at radius 2 is 1.79 bits per heavy atom. The summed E-state index contributed by atoms with van der Waals surface area (Å²) < 4.78 is 0. The summed E-state index contributed by atoms with van der Waals surface area (Å²) in [4.78, 5) is 0. The number of aromatic hydroxyl groups is 3. The quantitative estimate of drug-likeness (QED) is 0.651. The molecule has 0 heterocycles. The van der Waals surface area contributed by atoms with Gasteiger partial charge in [0.1, 0.15) is 0 Å². The first-order valence-electron chi connectivity index (χ1n) is 4.81. The van der Waals surface area contributed by atoms with Crippen LogP contribution in [-0.2, 0) is 6.42 Å². The molecule has 0 amide bonds. The standard InChI is InChI=1S/C11H16O3/c1-3-4-5-8-7(2)6-9(12)11(14)10(8)13/h6,12-14H,3-5H2,1-2H3. The average molecular weight is 196 g/mol. The van der Waals surface area contributed by atoms with Crippen molar-refractivity contribution in [3.63, 3.8) is 0 Å². The van der Waals surface area contributed by atoms with Crippen LogP contribution in [0.4, 0.5) is 0 Å². The zero-order chi connectivity index (χ0) is 10.7. The molecule has 0 saturated carbocycles. The van der Waals surface area contributed by atoms with E-state index >= 15 is 0 Å². The third kappa shape index (κ3) is 1.92. The van der Waals surface area contributed by atoms with Crippen molar-refractivity contribution in [1.29, 1.82) is 0 Å². The lowest BCUT2D eigenvalue weighted by molar-refractivity contribution is 0.364. The van der Waals surface area contributed by atoms with Crippen molar-refractivity contribution in [2.24, 2.45) is 0 Å². The maximum Gasteiger partial charge on any atom is 0.200 e. The highest BCUT2D eigenvalue weighted by Gasteiger charge is 2.13. The Balaban J connectivity index is 3.09. The molecular weight excluding hydrogens is 180 g/mol. The van der Waals surface area contributed by atoms with E-state index in [0.29, 0.717) is 0 Å². The van der Waals surface area contributed by atoms with Gasteiger partial charge in [-0.2, -0.15) is 0 Å². The summed E-state index contributed by atoms with van der Waals surface area (Å²) in [6, 6.07) is 1.47. The molecule has 0 unspecified atom stereocenters. The van der Waals surface area contributed by atoms with Gasteiger partial charge in [-0.25, -0.2) is 0 Å². The summed E-state index contributed by atoms with van der Waals surface area (Å²) in [5, 5.41) is 28.1. The second-order valence-corrected chi connectivity index (χ2v) is 3.49. The molecule has 3 N–H and O–H groups in total. The first-order chi connectivity index (χ1) is 6.57. The number of phenolic OH excluding ortho intramolecular Hbond substituents is 3. The van der Waals surface area contributed by atoms with E-state index in [2.05, 4.69) is 6.92 Å². The van der Waals surface area contributed by atoms with Crippen LogP contribution in [0.3, 0.4) is 0 Å². The summed E-state index contributed by atoms with van der Waals surface area (Å²) in [6.07, 6.45) is 2.71. The van der Waals surface area contributed by atoms with E-state index in [1.807, 2.05) is 6.92 Å². The van der Waals surface area contributed by atoms with Crippen LogP contribution in [-0.4, -0.2) is 15.3 Å². The SMILES string of the molecule is CCCCc1c(C)cc(O)c(O)c1O. The number of phenols is 3. The van der Waals surface area contributed by atoms with Crippen LogP contribution >= 0.6 is 0 Å². The summed E-state index contributed by atoms with van der Waals surface area (Å²) in [7, 11) is 0. The van der Waals surface area contributed by atoms with Crippen molar-refractivity contribution in [3.05, 3.63) is 17.2 Å². The molecule has 78 valence electrons. The number of benzene rings is 1. The van der Waals surface area contributed by atoms with Gasteiger partial charge in [-0.3, -0.25) is 0 Å². The molecule has 0 aliphatic carbocycles. The Hall–Kier alpha value is -1.38. The van der Waals surface area contributed by atoms with Crippen molar-refractivity contribution in [1.82, 2.24) is 0 Å². The highest BCUT2D eigenvalue weighted by Crippen LogP contribution is 2.39. The number of hydrogen-bond acceptors (Lipinski definition) is 3. The second kappa shape index (κ2) is 4.22. The van der Waals surface area contributed by atoms with Gasteiger partial charge < -0.3 is 15.3 Å². The third-order valence-electron chi connectivity index (χ3n) is 2.36. The van der Waals surface area contributed by atoms with E-state index in [-0.39, 0.29) is 11.5 Å². The minimum Gasteiger partial charge on any atom is -0.504 e. The first kappa shape index (κ1) is 10.7. The zero-order valence-electron chi connectivity index (χ0n) is 8.54. The predicted molar refractivity (Wildman–Crippen MR) is 54.8 cm³/mol. The van der Waals surface area contributed by atoms with E-state index in [4.69, 9.17) is 0 Å². The molecule has 0 saturated heterocycles. The summed E-state index contributed by atoms with van der Waals surface area (Å²) in [5.41, 5.74) is 1.54. The lowest BCUT2D eigenvalue weighted by atomic mass is 10.0. The number of rotatable bonds is 3. The second-order valence-electron chi connectivity index (χ2n) is 3.49. The van der Waals surface area contributed by atoms with Gasteiger partial charge in [-0.05, 0) is 31.4 Å². The monoisotopic (exact) mass is 196 g/mol. The predicted octanol–water partition coefficient (Wildman–Crippen LogP) is 2.45. The Morgan fingerprint density at radius 3 is 2.36 bits per heavy atom. The van der Waals surface area contributed by atoms with E-state index < -0.39 is 5.75 Å². The zero-order valence-corrected chi connectivity index (χ0v) is 8.54. The number of unbranched alkanes of at least 4 members (excludes halogenated alkanes) is 1. The van der Waals surface area contributed by atoms with E-state index in [1.165, 1.54) is 6.07 Å². The van der Waals surface area contributed by atoms with Crippen LogP contribution in [0.5, 0.6) is 17.2 Å². The minimum absolute atomic E-state index is 0.184. The fourth-order valence-electron chi connectivity index (χ4n) is 1.48. The molecule has 1 aromatic rings. The first-order valence-corrected chi connectivity index (χ1v) is 4.81. The van der Waals surface area contributed by atoms with E-state index in [1.54, 1.807) is 0 Å². The molecule has 0 aliphatic rings. The van der Waals surface area contributed by atoms with Gasteiger partial charge in [0.2, 0.25) is 5.75 Å². The Bertz CT molecular complexity index is 332. The minimum atomic E-state index is -0.415. The van der Waals surface area contributed by atoms with Crippen LogP contribution in [0.2, 0.25) is 0 Å². The summed E-state index contributed by atoms with van der Waals surface area (Å²) >= 11 is 0. The molecule has 1 rings (SSSR count). The lowest BCUT2D eigenvalue weighted by Crippen LogP contribution is -1.91. The largest absolute Gasteiger partial charge is 0.504 e. The molecule has 3 nitrogen and oxygen atoms in total. The molecule has 3 heteroatoms. The smallest absolute Gasteiger partial charge is 0.200 e. The molecular formula is C11H16O3.